The Bertz CT molecular complexity index is 1460. The van der Waals surface area contributed by atoms with Crippen molar-refractivity contribution in [1.82, 2.24) is 16.1 Å². The SMILES string of the molecule is CCOC(=O)C1=C(C)NC(=S)N[C@@H]1c1ccccc1OCC(=O)NN=Cc1ccc(OCc2ccc(Cl)cc2)cc1. The molecule has 0 saturated carbocycles. The van der Waals surface area contributed by atoms with E-state index in [-0.39, 0.29) is 13.2 Å². The number of hydrogen-bond acceptors (Lipinski definition) is 7. The Morgan fingerprint density at radius 1 is 1.05 bits per heavy atom. The van der Waals surface area contributed by atoms with Gasteiger partial charge in [-0.2, -0.15) is 5.10 Å². The molecule has 1 atom stereocenters. The lowest BCUT2D eigenvalue weighted by atomic mass is 9.95. The van der Waals surface area contributed by atoms with Crippen LogP contribution in [0.5, 0.6) is 11.5 Å². The van der Waals surface area contributed by atoms with E-state index in [1.54, 1.807) is 32.0 Å². The standard InChI is InChI=1S/C30H29ClN4O5S/c1-3-38-29(37)27-19(2)33-30(41)34-28(27)24-6-4-5-7-25(24)40-18-26(36)35-32-16-20-10-14-23(15-11-20)39-17-21-8-12-22(31)13-9-21/h4-16,28H,3,17-18H2,1-2H3,(H,35,36)(H2,33,34,41)/t28-/m1/s1. The normalized spacial score (nSPS) is 14.7. The van der Waals surface area contributed by atoms with Gasteiger partial charge in [-0.15, -0.1) is 0 Å². The molecular formula is C30H29ClN4O5S. The predicted molar refractivity (Wildman–Crippen MR) is 161 cm³/mol. The summed E-state index contributed by atoms with van der Waals surface area (Å²) in [6, 6.07) is 21.2. The molecule has 9 nitrogen and oxygen atoms in total. The van der Waals surface area contributed by atoms with Crippen LogP contribution in [0.2, 0.25) is 5.02 Å². The third kappa shape index (κ3) is 8.29. The van der Waals surface area contributed by atoms with Gasteiger partial charge in [0.15, 0.2) is 11.7 Å². The first-order valence-electron chi connectivity index (χ1n) is 12.8. The number of hydrazone groups is 1. The van der Waals surface area contributed by atoms with Crippen LogP contribution in [0, 0.1) is 0 Å². The molecule has 3 N–H and O–H groups in total. The largest absolute Gasteiger partial charge is 0.489 e. The summed E-state index contributed by atoms with van der Waals surface area (Å²) in [5, 5.41) is 11.1. The number of nitrogens with zero attached hydrogens (tertiary/aromatic N) is 1. The minimum absolute atomic E-state index is 0.230. The fraction of sp³-hybridized carbons (Fsp3) is 0.200. The minimum atomic E-state index is -0.613. The number of para-hydroxylation sites is 1. The maximum Gasteiger partial charge on any atom is 0.338 e. The Morgan fingerprint density at radius 3 is 2.51 bits per heavy atom. The number of esters is 1. The molecule has 4 rings (SSSR count). The first-order valence-corrected chi connectivity index (χ1v) is 13.6. The number of hydrogen-bond donors (Lipinski definition) is 3. The number of thiocarbonyl (C=S) groups is 1. The molecule has 1 amide bonds. The summed E-state index contributed by atoms with van der Waals surface area (Å²) in [7, 11) is 0. The maximum absolute atomic E-state index is 12.7. The van der Waals surface area contributed by atoms with Crippen molar-refractivity contribution in [2.24, 2.45) is 5.10 Å². The highest BCUT2D eigenvalue weighted by atomic mass is 35.5. The van der Waals surface area contributed by atoms with Crippen molar-refractivity contribution in [1.29, 1.82) is 0 Å². The summed E-state index contributed by atoms with van der Waals surface area (Å²) in [6.45, 7) is 3.85. The van der Waals surface area contributed by atoms with Crippen LogP contribution in [-0.4, -0.2) is 36.4 Å². The smallest absolute Gasteiger partial charge is 0.338 e. The third-order valence-electron chi connectivity index (χ3n) is 5.96. The lowest BCUT2D eigenvalue weighted by Crippen LogP contribution is -2.45. The van der Waals surface area contributed by atoms with Gasteiger partial charge in [-0.25, -0.2) is 10.2 Å². The lowest BCUT2D eigenvalue weighted by molar-refractivity contribution is -0.139. The summed E-state index contributed by atoms with van der Waals surface area (Å²) in [5.74, 6) is 0.191. The average molecular weight is 593 g/mol. The molecule has 1 aliphatic rings. The van der Waals surface area contributed by atoms with Gasteiger partial charge in [-0.3, -0.25) is 4.79 Å². The van der Waals surface area contributed by atoms with Crippen LogP contribution in [0.15, 0.2) is 89.2 Å². The Hall–Kier alpha value is -4.41. The molecular weight excluding hydrogens is 564 g/mol. The number of carbonyl (C=O) groups excluding carboxylic acids is 2. The molecule has 11 heteroatoms. The van der Waals surface area contributed by atoms with Gasteiger partial charge in [0.05, 0.1) is 24.4 Å². The van der Waals surface area contributed by atoms with E-state index in [1.807, 2.05) is 54.6 Å². The van der Waals surface area contributed by atoms with Crippen LogP contribution in [0.1, 0.15) is 36.6 Å². The molecule has 0 saturated heterocycles. The predicted octanol–water partition coefficient (Wildman–Crippen LogP) is 4.80. The number of halogens is 1. The Labute approximate surface area is 248 Å². The summed E-state index contributed by atoms with van der Waals surface area (Å²) in [6.07, 6.45) is 1.52. The summed E-state index contributed by atoms with van der Waals surface area (Å²) in [5.41, 5.74) is 5.84. The van der Waals surface area contributed by atoms with E-state index in [9.17, 15) is 9.59 Å². The van der Waals surface area contributed by atoms with Crippen molar-refractivity contribution in [3.8, 4) is 11.5 Å². The Balaban J connectivity index is 1.32. The molecule has 41 heavy (non-hydrogen) atoms. The fourth-order valence-electron chi connectivity index (χ4n) is 4.01. The number of benzene rings is 3. The van der Waals surface area contributed by atoms with Gasteiger partial charge in [0.1, 0.15) is 18.1 Å². The zero-order valence-corrected chi connectivity index (χ0v) is 24.1. The highest BCUT2D eigenvalue weighted by molar-refractivity contribution is 7.80. The molecule has 212 valence electrons. The van der Waals surface area contributed by atoms with Crippen molar-refractivity contribution in [2.75, 3.05) is 13.2 Å². The molecule has 0 fully saturated rings. The second-order valence-electron chi connectivity index (χ2n) is 8.89. The molecule has 0 radical (unpaired) electrons. The topological polar surface area (TPSA) is 110 Å². The van der Waals surface area contributed by atoms with Crippen LogP contribution in [0.25, 0.3) is 0 Å². The van der Waals surface area contributed by atoms with Crippen LogP contribution in [0.4, 0.5) is 0 Å². The van der Waals surface area contributed by atoms with Crippen LogP contribution < -0.4 is 25.5 Å². The number of amides is 1. The number of rotatable bonds is 11. The molecule has 3 aromatic rings. The summed E-state index contributed by atoms with van der Waals surface area (Å²) < 4.78 is 16.8. The molecule has 0 unspecified atom stereocenters. The van der Waals surface area contributed by atoms with Crippen LogP contribution in [-0.2, 0) is 20.9 Å². The molecule has 0 aliphatic carbocycles. The summed E-state index contributed by atoms with van der Waals surface area (Å²) >= 11 is 11.2. The molecule has 0 spiro atoms. The van der Waals surface area contributed by atoms with Crippen molar-refractivity contribution in [2.45, 2.75) is 26.5 Å². The Morgan fingerprint density at radius 2 is 1.78 bits per heavy atom. The average Bonchev–Trinajstić information content (AvgIpc) is 2.96. The van der Waals surface area contributed by atoms with Crippen molar-refractivity contribution < 1.29 is 23.8 Å². The zero-order chi connectivity index (χ0) is 29.2. The van der Waals surface area contributed by atoms with E-state index in [0.29, 0.717) is 45.1 Å². The minimum Gasteiger partial charge on any atom is -0.489 e. The van der Waals surface area contributed by atoms with Gasteiger partial charge in [0.25, 0.3) is 5.91 Å². The van der Waals surface area contributed by atoms with Gasteiger partial charge >= 0.3 is 5.97 Å². The van der Waals surface area contributed by atoms with E-state index in [2.05, 4.69) is 21.2 Å². The van der Waals surface area contributed by atoms with Crippen molar-refractivity contribution in [3.05, 3.63) is 106 Å². The molecule has 1 heterocycles. The third-order valence-corrected chi connectivity index (χ3v) is 6.43. The first-order chi connectivity index (χ1) is 19.8. The van der Waals surface area contributed by atoms with Gasteiger partial charge < -0.3 is 24.8 Å². The van der Waals surface area contributed by atoms with Crippen molar-refractivity contribution in [3.63, 3.8) is 0 Å². The fourth-order valence-corrected chi connectivity index (χ4v) is 4.41. The van der Waals surface area contributed by atoms with E-state index < -0.39 is 17.9 Å². The monoisotopic (exact) mass is 592 g/mol. The van der Waals surface area contributed by atoms with Crippen LogP contribution in [0.3, 0.4) is 0 Å². The first kappa shape index (κ1) is 29.6. The quantitative estimate of drug-likeness (QED) is 0.126. The molecule has 1 aliphatic heterocycles. The van der Waals surface area contributed by atoms with E-state index in [0.717, 1.165) is 11.1 Å². The highest BCUT2D eigenvalue weighted by Gasteiger charge is 2.32. The van der Waals surface area contributed by atoms with E-state index in [4.69, 9.17) is 38.0 Å². The van der Waals surface area contributed by atoms with Gasteiger partial charge in [-0.05, 0) is 79.7 Å². The zero-order valence-electron chi connectivity index (χ0n) is 22.5. The number of nitrogens with one attached hydrogen (secondary N) is 3. The number of allylic oxidation sites excluding steroid dienone is 1. The molecule has 3 aromatic carbocycles. The van der Waals surface area contributed by atoms with Crippen molar-refractivity contribution >= 4 is 47.0 Å². The van der Waals surface area contributed by atoms with Gasteiger partial charge in [-0.1, -0.05) is 41.9 Å². The number of ether oxygens (including phenoxy) is 3. The van der Waals surface area contributed by atoms with E-state index >= 15 is 0 Å². The lowest BCUT2D eigenvalue weighted by Gasteiger charge is -2.30. The van der Waals surface area contributed by atoms with Crippen LogP contribution >= 0.6 is 23.8 Å². The van der Waals surface area contributed by atoms with Gasteiger partial charge in [0, 0.05) is 16.3 Å². The number of carbonyl (C=O) groups is 2. The van der Waals surface area contributed by atoms with E-state index in [1.165, 1.54) is 6.21 Å². The molecule has 0 aromatic heterocycles. The van der Waals surface area contributed by atoms with Gasteiger partial charge in [0.2, 0.25) is 0 Å². The second-order valence-corrected chi connectivity index (χ2v) is 9.74. The maximum atomic E-state index is 12.7. The molecule has 0 bridgehead atoms. The second kappa shape index (κ2) is 14.3. The summed E-state index contributed by atoms with van der Waals surface area (Å²) in [4.78, 5) is 25.1. The Kier molecular flexibility index (Phi) is 10.3. The highest BCUT2D eigenvalue weighted by Crippen LogP contribution is 2.33.